The fraction of sp³-hybridized carbons (Fsp3) is 0.500. The van der Waals surface area contributed by atoms with Crippen LogP contribution in [0.15, 0.2) is 48.5 Å². The summed E-state index contributed by atoms with van der Waals surface area (Å²) >= 11 is 0. The number of carbonyl (C=O) groups excluding carboxylic acids is 2. The Hall–Kier alpha value is -2.77. The van der Waals surface area contributed by atoms with Gasteiger partial charge in [0.05, 0.1) is 0 Å². The minimum atomic E-state index is -0.233. The molecule has 6 nitrogen and oxygen atoms in total. The molecule has 7 heteroatoms. The van der Waals surface area contributed by atoms with Crippen molar-refractivity contribution in [2.24, 2.45) is 11.8 Å². The predicted octanol–water partition coefficient (Wildman–Crippen LogP) is 4.42. The molecule has 0 bridgehead atoms. The van der Waals surface area contributed by atoms with Crippen LogP contribution in [0.5, 0.6) is 0 Å². The van der Waals surface area contributed by atoms with Crippen LogP contribution in [0.1, 0.15) is 42.1 Å². The van der Waals surface area contributed by atoms with Crippen LogP contribution in [0.2, 0.25) is 0 Å². The average molecular weight is 481 g/mol. The fourth-order valence-electron chi connectivity index (χ4n) is 5.47. The zero-order chi connectivity index (χ0) is 24.8. The summed E-state index contributed by atoms with van der Waals surface area (Å²) < 4.78 is 13.3. The number of rotatable bonds is 7. The van der Waals surface area contributed by atoms with E-state index >= 15 is 0 Å². The topological polar surface area (TPSA) is 64.7 Å². The maximum atomic E-state index is 13.3. The van der Waals surface area contributed by atoms with Crippen molar-refractivity contribution in [3.8, 4) is 0 Å². The van der Waals surface area contributed by atoms with E-state index in [0.29, 0.717) is 23.1 Å². The van der Waals surface area contributed by atoms with Crippen molar-refractivity contribution in [1.82, 2.24) is 15.1 Å². The van der Waals surface area contributed by atoms with Gasteiger partial charge in [0, 0.05) is 36.9 Å². The van der Waals surface area contributed by atoms with Crippen LogP contribution in [-0.4, -0.2) is 67.4 Å². The summed E-state index contributed by atoms with van der Waals surface area (Å²) in [5.41, 5.74) is 2.40. The molecule has 3 atom stereocenters. The number of piperidine rings is 2. The number of likely N-dealkylation sites (N-methyl/N-ethyl adjacent to an activating group) is 1. The summed E-state index contributed by atoms with van der Waals surface area (Å²) in [5, 5.41) is 6.10. The highest BCUT2D eigenvalue weighted by molar-refractivity contribution is 5.96. The van der Waals surface area contributed by atoms with Crippen molar-refractivity contribution in [3.63, 3.8) is 0 Å². The number of Topliss-reactive ketones (excluding diaryl/α,β-unsaturated/α-hetero) is 1. The highest BCUT2D eigenvalue weighted by atomic mass is 19.1. The van der Waals surface area contributed by atoms with Crippen LogP contribution in [0, 0.1) is 17.7 Å². The van der Waals surface area contributed by atoms with E-state index in [1.54, 1.807) is 36.4 Å². The van der Waals surface area contributed by atoms with E-state index in [4.69, 9.17) is 0 Å². The van der Waals surface area contributed by atoms with E-state index in [0.717, 1.165) is 45.6 Å². The molecule has 0 radical (unpaired) electrons. The first-order chi connectivity index (χ1) is 16.9. The van der Waals surface area contributed by atoms with Crippen LogP contribution in [-0.2, 0) is 6.42 Å². The van der Waals surface area contributed by atoms with Crippen LogP contribution >= 0.6 is 0 Å². The molecule has 4 rings (SSSR count). The molecule has 0 aromatic heterocycles. The lowest BCUT2D eigenvalue weighted by molar-refractivity contribution is 0.0996. The molecular formula is C28H37FN4O2. The van der Waals surface area contributed by atoms with Gasteiger partial charge in [-0.15, -0.1) is 0 Å². The maximum Gasteiger partial charge on any atom is 0.319 e. The van der Waals surface area contributed by atoms with Crippen molar-refractivity contribution in [2.75, 3.05) is 45.1 Å². The number of ketones is 1. The molecule has 2 aliphatic heterocycles. The lowest BCUT2D eigenvalue weighted by Gasteiger charge is -2.41. The van der Waals surface area contributed by atoms with Gasteiger partial charge in [-0.1, -0.05) is 24.3 Å². The molecule has 2 aromatic carbocycles. The number of nitrogens with zero attached hydrogens (tertiary/aromatic N) is 2. The molecule has 2 N–H and O–H groups in total. The quantitative estimate of drug-likeness (QED) is 0.576. The summed E-state index contributed by atoms with van der Waals surface area (Å²) in [6.45, 7) is 6.46. The molecule has 0 spiro atoms. The number of carbonyl (C=O) groups is 2. The zero-order valence-electron chi connectivity index (χ0n) is 20.8. The Morgan fingerprint density at radius 3 is 2.63 bits per heavy atom. The van der Waals surface area contributed by atoms with Crippen molar-refractivity contribution in [2.45, 2.75) is 38.6 Å². The van der Waals surface area contributed by atoms with Gasteiger partial charge in [-0.2, -0.15) is 0 Å². The second kappa shape index (κ2) is 11.8. The molecule has 2 aromatic rings. The van der Waals surface area contributed by atoms with Crippen molar-refractivity contribution in [1.29, 1.82) is 0 Å². The number of amides is 2. The summed E-state index contributed by atoms with van der Waals surface area (Å²) in [6, 6.07) is 13.8. The lowest BCUT2D eigenvalue weighted by Crippen LogP contribution is -2.55. The Balaban J connectivity index is 1.33. The first kappa shape index (κ1) is 25.3. The number of nitrogens with one attached hydrogen (secondary N) is 2. The Labute approximate surface area is 207 Å². The smallest absolute Gasteiger partial charge is 0.319 e. The normalized spacial score (nSPS) is 23.6. The monoisotopic (exact) mass is 480 g/mol. The van der Waals surface area contributed by atoms with E-state index in [1.165, 1.54) is 25.3 Å². The Bertz CT molecular complexity index is 1010. The number of benzene rings is 2. The van der Waals surface area contributed by atoms with E-state index in [-0.39, 0.29) is 23.7 Å². The summed E-state index contributed by atoms with van der Waals surface area (Å²) in [6.07, 6.45) is 4.39. The van der Waals surface area contributed by atoms with E-state index in [9.17, 15) is 14.0 Å². The standard InChI is InChI=1S/C28H37FN4O2/c1-20(34)23-6-3-7-26(16-23)30-28(35)31-27-19-32(2)14-12-24(27)18-33-13-4-5-22(17-33)15-21-8-10-25(29)11-9-21/h3,6-11,16,22,24,27H,4-5,12-15,17-19H2,1-2H3,(H2,30,31,35)/t22-,24-,27-/m0/s1. The van der Waals surface area contributed by atoms with Crippen LogP contribution in [0.3, 0.4) is 0 Å². The third-order valence-corrected chi connectivity index (χ3v) is 7.34. The molecule has 35 heavy (non-hydrogen) atoms. The number of anilines is 1. The second-order valence-corrected chi connectivity index (χ2v) is 10.3. The predicted molar refractivity (Wildman–Crippen MR) is 137 cm³/mol. The molecule has 2 aliphatic rings. The van der Waals surface area contributed by atoms with Gasteiger partial charge in [0.1, 0.15) is 5.82 Å². The molecule has 0 aliphatic carbocycles. The molecular weight excluding hydrogens is 443 g/mol. The molecule has 0 unspecified atom stereocenters. The first-order valence-electron chi connectivity index (χ1n) is 12.7. The third-order valence-electron chi connectivity index (χ3n) is 7.34. The van der Waals surface area contributed by atoms with Gasteiger partial charge < -0.3 is 20.4 Å². The van der Waals surface area contributed by atoms with Gasteiger partial charge in [0.25, 0.3) is 0 Å². The van der Waals surface area contributed by atoms with Gasteiger partial charge in [-0.05, 0) is 94.4 Å². The summed E-state index contributed by atoms with van der Waals surface area (Å²) in [5.74, 6) is 0.742. The van der Waals surface area contributed by atoms with Gasteiger partial charge in [-0.3, -0.25) is 4.79 Å². The Kier molecular flexibility index (Phi) is 8.52. The highest BCUT2D eigenvalue weighted by Gasteiger charge is 2.32. The third kappa shape index (κ3) is 7.36. The van der Waals surface area contributed by atoms with E-state index in [2.05, 4.69) is 27.5 Å². The maximum absolute atomic E-state index is 13.3. The second-order valence-electron chi connectivity index (χ2n) is 10.3. The summed E-state index contributed by atoms with van der Waals surface area (Å²) in [4.78, 5) is 29.3. The molecule has 2 saturated heterocycles. The largest absolute Gasteiger partial charge is 0.334 e. The number of hydrogen-bond acceptors (Lipinski definition) is 4. The number of urea groups is 1. The number of halogens is 1. The van der Waals surface area contributed by atoms with Gasteiger partial charge >= 0.3 is 6.03 Å². The molecule has 188 valence electrons. The van der Waals surface area contributed by atoms with Crippen molar-refractivity contribution < 1.29 is 14.0 Å². The first-order valence-corrected chi connectivity index (χ1v) is 12.7. The van der Waals surface area contributed by atoms with E-state index in [1.807, 2.05) is 12.1 Å². The number of hydrogen-bond donors (Lipinski definition) is 2. The van der Waals surface area contributed by atoms with Gasteiger partial charge in [0.15, 0.2) is 5.78 Å². The van der Waals surface area contributed by atoms with Crippen LogP contribution in [0.4, 0.5) is 14.9 Å². The molecule has 0 saturated carbocycles. The van der Waals surface area contributed by atoms with E-state index < -0.39 is 0 Å². The van der Waals surface area contributed by atoms with Crippen LogP contribution in [0.25, 0.3) is 0 Å². The molecule has 2 fully saturated rings. The number of likely N-dealkylation sites (tertiary alicyclic amines) is 2. The highest BCUT2D eigenvalue weighted by Crippen LogP contribution is 2.25. The van der Waals surface area contributed by atoms with Crippen molar-refractivity contribution >= 4 is 17.5 Å². The summed E-state index contributed by atoms with van der Waals surface area (Å²) in [7, 11) is 2.10. The lowest BCUT2D eigenvalue weighted by atomic mass is 9.88. The Morgan fingerprint density at radius 2 is 1.86 bits per heavy atom. The zero-order valence-corrected chi connectivity index (χ0v) is 20.8. The van der Waals surface area contributed by atoms with Crippen LogP contribution < -0.4 is 10.6 Å². The minimum absolute atomic E-state index is 0.0257. The van der Waals surface area contributed by atoms with Crippen molar-refractivity contribution in [3.05, 3.63) is 65.5 Å². The molecule has 2 amide bonds. The Morgan fingerprint density at radius 1 is 1.06 bits per heavy atom. The van der Waals surface area contributed by atoms with Gasteiger partial charge in [0.2, 0.25) is 0 Å². The fourth-order valence-corrected chi connectivity index (χ4v) is 5.47. The average Bonchev–Trinajstić information content (AvgIpc) is 2.83. The molecule has 2 heterocycles. The minimum Gasteiger partial charge on any atom is -0.334 e. The SMILES string of the molecule is CC(=O)c1cccc(NC(=O)N[C@H]2CN(C)CC[C@H]2CN2CCC[C@@H](Cc3ccc(F)cc3)C2)c1. The van der Waals surface area contributed by atoms with Gasteiger partial charge in [-0.25, -0.2) is 9.18 Å².